The summed E-state index contributed by atoms with van der Waals surface area (Å²) < 4.78 is 1.03. The number of nitrogens with two attached hydrogens (primary N) is 1. The molecule has 0 bridgehead atoms. The monoisotopic (exact) mass is 207 g/mol. The van der Waals surface area contributed by atoms with Gasteiger partial charge in [0.15, 0.2) is 0 Å². The van der Waals surface area contributed by atoms with Crippen molar-refractivity contribution in [3.8, 4) is 0 Å². The van der Waals surface area contributed by atoms with Crippen LogP contribution in [0.25, 0.3) is 10.9 Å². The Morgan fingerprint density at radius 2 is 2.21 bits per heavy atom. The largest absolute Gasteiger partial charge is 0.335 e. The van der Waals surface area contributed by atoms with Crippen molar-refractivity contribution >= 4 is 23.5 Å². The molecule has 14 heavy (non-hydrogen) atoms. The van der Waals surface area contributed by atoms with Gasteiger partial charge in [0, 0.05) is 4.90 Å². The van der Waals surface area contributed by atoms with E-state index in [1.54, 1.807) is 25.1 Å². The number of nitrogen functional groups attached to an aromatic ring is 1. The van der Waals surface area contributed by atoms with E-state index in [0.29, 0.717) is 21.6 Å². The summed E-state index contributed by atoms with van der Waals surface area (Å²) >= 11 is 4.19. The molecule has 0 radical (unpaired) electrons. The molecular formula is C9H9N3OS. The van der Waals surface area contributed by atoms with Gasteiger partial charge in [0.05, 0.1) is 10.9 Å². The molecule has 5 heteroatoms. The van der Waals surface area contributed by atoms with Crippen LogP contribution in [-0.4, -0.2) is 9.66 Å². The Morgan fingerprint density at radius 1 is 1.50 bits per heavy atom. The van der Waals surface area contributed by atoms with E-state index in [-0.39, 0.29) is 5.56 Å². The smallest absolute Gasteiger partial charge is 0.280 e. The minimum atomic E-state index is -0.266. The van der Waals surface area contributed by atoms with Crippen LogP contribution in [-0.2, 0) is 0 Å². The molecule has 0 atom stereocenters. The first-order valence-electron chi connectivity index (χ1n) is 4.07. The van der Waals surface area contributed by atoms with Gasteiger partial charge in [-0.1, -0.05) is 6.07 Å². The van der Waals surface area contributed by atoms with Crippen LogP contribution in [0.2, 0.25) is 0 Å². The van der Waals surface area contributed by atoms with E-state index >= 15 is 0 Å². The molecule has 1 aromatic heterocycles. The second-order valence-corrected chi connectivity index (χ2v) is 3.49. The lowest BCUT2D eigenvalue weighted by Crippen LogP contribution is -2.30. The zero-order valence-corrected chi connectivity index (χ0v) is 8.45. The quantitative estimate of drug-likeness (QED) is 0.494. The molecular weight excluding hydrogens is 198 g/mol. The summed E-state index contributed by atoms with van der Waals surface area (Å²) in [6, 6.07) is 5.31. The Hall–Kier alpha value is -1.49. The molecule has 2 aromatic rings. The van der Waals surface area contributed by atoms with Crippen LogP contribution >= 0.6 is 12.6 Å². The second-order valence-electron chi connectivity index (χ2n) is 3.01. The molecule has 0 aliphatic carbocycles. The van der Waals surface area contributed by atoms with Crippen molar-refractivity contribution < 1.29 is 0 Å². The van der Waals surface area contributed by atoms with E-state index in [9.17, 15) is 4.79 Å². The standard InChI is InChI=1S/C9H9N3OS/c1-5-11-6-3-2-4-7(14)8(6)9(13)12(5)10/h2-4,14H,10H2,1H3. The maximum absolute atomic E-state index is 11.7. The van der Waals surface area contributed by atoms with Gasteiger partial charge in [-0.05, 0) is 19.1 Å². The summed E-state index contributed by atoms with van der Waals surface area (Å²) in [5, 5.41) is 0.462. The van der Waals surface area contributed by atoms with Crippen molar-refractivity contribution in [1.29, 1.82) is 0 Å². The fraction of sp³-hybridized carbons (Fsp3) is 0.111. The fourth-order valence-corrected chi connectivity index (χ4v) is 1.63. The molecule has 1 aromatic carbocycles. The van der Waals surface area contributed by atoms with Gasteiger partial charge in [0.2, 0.25) is 0 Å². The Bertz CT molecular complexity index is 562. The number of hydrogen-bond acceptors (Lipinski definition) is 4. The predicted octanol–water partition coefficient (Wildman–Crippen LogP) is 0.707. The van der Waals surface area contributed by atoms with Crippen LogP contribution in [0.1, 0.15) is 5.82 Å². The summed E-state index contributed by atoms with van der Waals surface area (Å²) in [5.74, 6) is 6.01. The Labute approximate surface area is 85.8 Å². The van der Waals surface area contributed by atoms with Crippen molar-refractivity contribution in [1.82, 2.24) is 9.66 Å². The number of fused-ring (bicyclic) bond motifs is 1. The third-order valence-electron chi connectivity index (χ3n) is 2.08. The van der Waals surface area contributed by atoms with E-state index in [1.165, 1.54) is 0 Å². The van der Waals surface area contributed by atoms with Crippen molar-refractivity contribution in [2.24, 2.45) is 0 Å². The lowest BCUT2D eigenvalue weighted by atomic mass is 10.2. The Balaban J connectivity index is 3.07. The van der Waals surface area contributed by atoms with Crippen LogP contribution in [0.15, 0.2) is 27.9 Å². The number of nitrogens with zero attached hydrogens (tertiary/aromatic N) is 2. The number of aryl methyl sites for hydroxylation is 1. The summed E-state index contributed by atoms with van der Waals surface area (Å²) in [6.45, 7) is 1.69. The third-order valence-corrected chi connectivity index (χ3v) is 2.46. The van der Waals surface area contributed by atoms with Gasteiger partial charge in [0.25, 0.3) is 5.56 Å². The zero-order valence-electron chi connectivity index (χ0n) is 7.56. The molecule has 0 aliphatic rings. The van der Waals surface area contributed by atoms with E-state index in [4.69, 9.17) is 5.84 Å². The number of aromatic nitrogens is 2. The third kappa shape index (κ3) is 1.17. The van der Waals surface area contributed by atoms with Gasteiger partial charge >= 0.3 is 0 Å². The highest BCUT2D eigenvalue weighted by Gasteiger charge is 2.07. The van der Waals surface area contributed by atoms with Gasteiger partial charge in [-0.25, -0.2) is 9.66 Å². The van der Waals surface area contributed by atoms with Crippen molar-refractivity contribution in [2.45, 2.75) is 11.8 Å². The second kappa shape index (κ2) is 3.02. The van der Waals surface area contributed by atoms with Crippen LogP contribution in [0.4, 0.5) is 0 Å². The molecule has 1 heterocycles. The van der Waals surface area contributed by atoms with E-state index in [1.807, 2.05) is 0 Å². The van der Waals surface area contributed by atoms with Crippen molar-refractivity contribution in [2.75, 3.05) is 5.84 Å². The average molecular weight is 207 g/mol. The summed E-state index contributed by atoms with van der Waals surface area (Å²) in [6.07, 6.45) is 0. The van der Waals surface area contributed by atoms with Crippen LogP contribution in [0.3, 0.4) is 0 Å². The summed E-state index contributed by atoms with van der Waals surface area (Å²) in [5.41, 5.74) is 0.361. The van der Waals surface area contributed by atoms with Gasteiger partial charge in [0.1, 0.15) is 5.82 Å². The predicted molar refractivity (Wildman–Crippen MR) is 58.1 cm³/mol. The Kier molecular flexibility index (Phi) is 1.96. The molecule has 2 rings (SSSR count). The highest BCUT2D eigenvalue weighted by molar-refractivity contribution is 7.80. The van der Waals surface area contributed by atoms with Crippen LogP contribution < -0.4 is 11.4 Å². The minimum absolute atomic E-state index is 0.266. The van der Waals surface area contributed by atoms with E-state index in [2.05, 4.69) is 17.6 Å². The van der Waals surface area contributed by atoms with E-state index in [0.717, 1.165) is 4.68 Å². The topological polar surface area (TPSA) is 60.9 Å². The molecule has 0 spiro atoms. The molecule has 72 valence electrons. The normalized spacial score (nSPS) is 10.7. The lowest BCUT2D eigenvalue weighted by Gasteiger charge is -2.05. The van der Waals surface area contributed by atoms with Crippen molar-refractivity contribution in [3.63, 3.8) is 0 Å². The first-order valence-corrected chi connectivity index (χ1v) is 4.52. The van der Waals surface area contributed by atoms with Gasteiger partial charge in [-0.15, -0.1) is 12.6 Å². The van der Waals surface area contributed by atoms with Gasteiger partial charge in [-0.3, -0.25) is 4.79 Å². The highest BCUT2D eigenvalue weighted by Crippen LogP contribution is 2.16. The zero-order chi connectivity index (χ0) is 10.3. The van der Waals surface area contributed by atoms with E-state index < -0.39 is 0 Å². The summed E-state index contributed by atoms with van der Waals surface area (Å²) in [4.78, 5) is 16.5. The average Bonchev–Trinajstić information content (AvgIpc) is 2.14. The molecule has 0 unspecified atom stereocenters. The van der Waals surface area contributed by atoms with Crippen LogP contribution in [0, 0.1) is 6.92 Å². The molecule has 0 amide bonds. The molecule has 0 fully saturated rings. The Morgan fingerprint density at radius 3 is 2.93 bits per heavy atom. The first-order chi connectivity index (χ1) is 6.61. The van der Waals surface area contributed by atoms with Gasteiger partial charge in [-0.2, -0.15) is 0 Å². The first kappa shape index (κ1) is 9.08. The molecule has 0 aliphatic heterocycles. The van der Waals surface area contributed by atoms with Crippen molar-refractivity contribution in [3.05, 3.63) is 34.4 Å². The number of rotatable bonds is 0. The minimum Gasteiger partial charge on any atom is -0.335 e. The lowest BCUT2D eigenvalue weighted by molar-refractivity contribution is 0.850. The molecule has 2 N–H and O–H groups in total. The molecule has 0 saturated heterocycles. The maximum Gasteiger partial charge on any atom is 0.280 e. The fourth-order valence-electron chi connectivity index (χ4n) is 1.34. The summed E-state index contributed by atoms with van der Waals surface area (Å²) in [7, 11) is 0. The molecule has 0 saturated carbocycles. The SMILES string of the molecule is Cc1nc2cccc(S)c2c(=O)n1N. The number of hydrogen-bond donors (Lipinski definition) is 2. The molecule has 4 nitrogen and oxygen atoms in total. The highest BCUT2D eigenvalue weighted by atomic mass is 32.1. The number of thiol groups is 1. The van der Waals surface area contributed by atoms with Gasteiger partial charge < -0.3 is 5.84 Å². The van der Waals surface area contributed by atoms with Crippen LogP contribution in [0.5, 0.6) is 0 Å². The maximum atomic E-state index is 11.7. The number of benzene rings is 1.